The van der Waals surface area contributed by atoms with Gasteiger partial charge in [-0.25, -0.2) is 4.79 Å². The molecule has 2 rings (SSSR count). The van der Waals surface area contributed by atoms with Crippen LogP contribution in [-0.4, -0.2) is 37.7 Å². The van der Waals surface area contributed by atoms with E-state index in [4.69, 9.17) is 9.47 Å². The Kier molecular flexibility index (Phi) is 6.08. The molecule has 0 spiro atoms. The van der Waals surface area contributed by atoms with Crippen LogP contribution < -0.4 is 25.4 Å². The van der Waals surface area contributed by atoms with E-state index in [0.717, 1.165) is 6.42 Å². The maximum Gasteiger partial charge on any atom is 0.319 e. The van der Waals surface area contributed by atoms with Crippen LogP contribution in [0.3, 0.4) is 0 Å². The van der Waals surface area contributed by atoms with E-state index in [2.05, 4.69) is 16.0 Å². The van der Waals surface area contributed by atoms with Gasteiger partial charge in [0.25, 0.3) is 0 Å². The molecule has 1 atom stereocenters. The molecule has 3 amide bonds. The molecule has 3 N–H and O–H groups in total. The van der Waals surface area contributed by atoms with Gasteiger partial charge in [0.2, 0.25) is 5.91 Å². The van der Waals surface area contributed by atoms with E-state index in [-0.39, 0.29) is 18.0 Å². The minimum Gasteiger partial charge on any atom is -0.494 e. The number of carbonyl (C=O) groups excluding carboxylic acids is 2. The topological polar surface area (TPSA) is 88.7 Å². The number of hydrogen-bond acceptors (Lipinski definition) is 4. The number of anilines is 1. The Labute approximate surface area is 135 Å². The number of ether oxygens (including phenoxy) is 2. The second kappa shape index (κ2) is 8.26. The minimum absolute atomic E-state index is 0.00521. The average Bonchev–Trinajstić information content (AvgIpc) is 2.94. The minimum atomic E-state index is -0.347. The highest BCUT2D eigenvalue weighted by atomic mass is 16.5. The van der Waals surface area contributed by atoms with Gasteiger partial charge in [0.1, 0.15) is 11.5 Å². The third-order valence-electron chi connectivity index (χ3n) is 3.40. The second-order valence-corrected chi connectivity index (χ2v) is 5.16. The molecule has 0 radical (unpaired) electrons. The van der Waals surface area contributed by atoms with Crippen molar-refractivity contribution in [2.24, 2.45) is 0 Å². The van der Waals surface area contributed by atoms with E-state index in [1.165, 1.54) is 0 Å². The molecule has 1 fully saturated rings. The summed E-state index contributed by atoms with van der Waals surface area (Å²) in [6.07, 6.45) is 1.25. The van der Waals surface area contributed by atoms with Crippen molar-refractivity contribution < 1.29 is 19.1 Å². The first kappa shape index (κ1) is 16.9. The van der Waals surface area contributed by atoms with Crippen LogP contribution >= 0.6 is 0 Å². The molecule has 1 unspecified atom stereocenters. The number of benzene rings is 1. The molecule has 1 aliphatic heterocycles. The van der Waals surface area contributed by atoms with E-state index < -0.39 is 0 Å². The zero-order valence-corrected chi connectivity index (χ0v) is 13.5. The molecule has 0 saturated carbocycles. The summed E-state index contributed by atoms with van der Waals surface area (Å²) in [5.41, 5.74) is 0.547. The van der Waals surface area contributed by atoms with Crippen LogP contribution in [0.2, 0.25) is 0 Å². The third kappa shape index (κ3) is 5.05. The lowest BCUT2D eigenvalue weighted by atomic mass is 10.2. The summed E-state index contributed by atoms with van der Waals surface area (Å²) in [5.74, 6) is 1.27. The van der Waals surface area contributed by atoms with Crippen molar-refractivity contribution in [3.63, 3.8) is 0 Å². The van der Waals surface area contributed by atoms with E-state index >= 15 is 0 Å². The van der Waals surface area contributed by atoms with Crippen LogP contribution in [0, 0.1) is 0 Å². The monoisotopic (exact) mass is 321 g/mol. The van der Waals surface area contributed by atoms with Crippen molar-refractivity contribution in [2.45, 2.75) is 32.7 Å². The lowest BCUT2D eigenvalue weighted by Crippen LogP contribution is -2.40. The molecule has 7 nitrogen and oxygen atoms in total. The van der Waals surface area contributed by atoms with Crippen LogP contribution in [0.5, 0.6) is 11.5 Å². The predicted molar refractivity (Wildman–Crippen MR) is 87.0 cm³/mol. The van der Waals surface area contributed by atoms with E-state index in [1.54, 1.807) is 18.2 Å². The molecule has 0 aromatic heterocycles. The van der Waals surface area contributed by atoms with Crippen molar-refractivity contribution >= 4 is 17.6 Å². The van der Waals surface area contributed by atoms with Crippen molar-refractivity contribution in [1.29, 1.82) is 0 Å². The molecule has 7 heteroatoms. The lowest BCUT2D eigenvalue weighted by molar-refractivity contribution is -0.119. The summed E-state index contributed by atoms with van der Waals surface area (Å²) in [5, 5.41) is 8.32. The highest BCUT2D eigenvalue weighted by Gasteiger charge is 2.21. The fourth-order valence-electron chi connectivity index (χ4n) is 2.36. The summed E-state index contributed by atoms with van der Waals surface area (Å²) < 4.78 is 10.9. The first-order valence-corrected chi connectivity index (χ1v) is 7.86. The molecule has 1 aliphatic rings. The van der Waals surface area contributed by atoms with Gasteiger partial charge in [-0.15, -0.1) is 0 Å². The number of nitrogens with one attached hydrogen (secondary N) is 3. The maximum atomic E-state index is 12.0. The molecule has 23 heavy (non-hydrogen) atoms. The molecule has 1 aromatic rings. The van der Waals surface area contributed by atoms with Crippen molar-refractivity contribution in [1.82, 2.24) is 10.6 Å². The Morgan fingerprint density at radius 1 is 1.30 bits per heavy atom. The van der Waals surface area contributed by atoms with Gasteiger partial charge in [0.05, 0.1) is 18.9 Å². The largest absolute Gasteiger partial charge is 0.494 e. The molecule has 0 bridgehead atoms. The third-order valence-corrected chi connectivity index (χ3v) is 3.40. The standard InChI is InChI=1S/C16H23N3O4/c1-3-22-12-6-7-14(23-4-2)13(9-12)19-16(21)17-10-11-5-8-15(20)18-11/h6-7,9,11H,3-5,8,10H2,1-2H3,(H,18,20)(H2,17,19,21). The predicted octanol–water partition coefficient (Wildman–Crippen LogP) is 1.88. The Hall–Kier alpha value is -2.44. The highest BCUT2D eigenvalue weighted by molar-refractivity contribution is 5.91. The molecular formula is C16H23N3O4. The van der Waals surface area contributed by atoms with Gasteiger partial charge in [-0.2, -0.15) is 0 Å². The Morgan fingerprint density at radius 2 is 2.09 bits per heavy atom. The lowest BCUT2D eigenvalue weighted by Gasteiger charge is -2.15. The number of amides is 3. The van der Waals surface area contributed by atoms with Gasteiger partial charge in [-0.1, -0.05) is 0 Å². The summed E-state index contributed by atoms with van der Waals surface area (Å²) in [6.45, 7) is 5.21. The zero-order valence-electron chi connectivity index (χ0n) is 13.5. The fourth-order valence-corrected chi connectivity index (χ4v) is 2.36. The normalized spacial score (nSPS) is 16.6. The summed E-state index contributed by atoms with van der Waals surface area (Å²) in [4.78, 5) is 23.2. The van der Waals surface area contributed by atoms with Gasteiger partial charge >= 0.3 is 6.03 Å². The molecule has 1 saturated heterocycles. The molecule has 1 heterocycles. The zero-order chi connectivity index (χ0) is 16.7. The second-order valence-electron chi connectivity index (χ2n) is 5.16. The maximum absolute atomic E-state index is 12.0. The van der Waals surface area contributed by atoms with Crippen LogP contribution in [0.25, 0.3) is 0 Å². The quantitative estimate of drug-likeness (QED) is 0.715. The van der Waals surface area contributed by atoms with Crippen molar-refractivity contribution in [3.8, 4) is 11.5 Å². The van der Waals surface area contributed by atoms with E-state index in [9.17, 15) is 9.59 Å². The Bertz CT molecular complexity index is 562. The van der Waals surface area contributed by atoms with Gasteiger partial charge < -0.3 is 25.4 Å². The summed E-state index contributed by atoms with van der Waals surface area (Å²) >= 11 is 0. The molecule has 126 valence electrons. The van der Waals surface area contributed by atoms with Gasteiger partial charge in [-0.05, 0) is 32.4 Å². The number of urea groups is 1. The summed E-state index contributed by atoms with van der Waals surface area (Å²) in [6, 6.07) is 4.94. The number of hydrogen-bond donors (Lipinski definition) is 3. The highest BCUT2D eigenvalue weighted by Crippen LogP contribution is 2.29. The Morgan fingerprint density at radius 3 is 2.74 bits per heavy atom. The van der Waals surface area contributed by atoms with Crippen molar-refractivity contribution in [2.75, 3.05) is 25.1 Å². The molecular weight excluding hydrogens is 298 g/mol. The summed E-state index contributed by atoms with van der Waals surface area (Å²) in [7, 11) is 0. The first-order valence-electron chi connectivity index (χ1n) is 7.86. The Balaban J connectivity index is 1.94. The van der Waals surface area contributed by atoms with Crippen LogP contribution in [0.15, 0.2) is 18.2 Å². The van der Waals surface area contributed by atoms with Crippen LogP contribution in [-0.2, 0) is 4.79 Å². The van der Waals surface area contributed by atoms with Gasteiger partial charge in [-0.3, -0.25) is 4.79 Å². The first-order chi connectivity index (χ1) is 11.1. The molecule has 1 aromatic carbocycles. The number of rotatable bonds is 7. The van der Waals surface area contributed by atoms with E-state index in [1.807, 2.05) is 13.8 Å². The number of carbonyl (C=O) groups is 2. The van der Waals surface area contributed by atoms with Gasteiger partial charge in [0.15, 0.2) is 0 Å². The fraction of sp³-hybridized carbons (Fsp3) is 0.500. The molecule has 0 aliphatic carbocycles. The smallest absolute Gasteiger partial charge is 0.319 e. The van der Waals surface area contributed by atoms with Gasteiger partial charge in [0, 0.05) is 25.1 Å². The van der Waals surface area contributed by atoms with E-state index in [0.29, 0.717) is 43.4 Å². The average molecular weight is 321 g/mol. The SMILES string of the molecule is CCOc1ccc(OCC)c(NC(=O)NCC2CCC(=O)N2)c1. The van der Waals surface area contributed by atoms with Crippen LogP contribution in [0.4, 0.5) is 10.5 Å². The van der Waals surface area contributed by atoms with Crippen molar-refractivity contribution in [3.05, 3.63) is 18.2 Å². The van der Waals surface area contributed by atoms with Crippen LogP contribution in [0.1, 0.15) is 26.7 Å².